The maximum atomic E-state index is 12.6. The van der Waals surface area contributed by atoms with Crippen molar-refractivity contribution in [1.29, 1.82) is 0 Å². The number of fused-ring (bicyclic) bond motifs is 1. The van der Waals surface area contributed by atoms with Gasteiger partial charge in [-0.05, 0) is 38.1 Å². The van der Waals surface area contributed by atoms with Gasteiger partial charge in [-0.3, -0.25) is 14.2 Å². The standard InChI is InChI=1S/C16H13Cl2N3O2S/c1-8-3-13-15(24-8)19-7-21(16(13)23)9(2)14(22)20-12-5-10(17)4-11(18)6-12/h3-7,9H,1-2H3,(H,20,22)/t9-/m0/s1. The minimum absolute atomic E-state index is 0.240. The van der Waals surface area contributed by atoms with Gasteiger partial charge in [0.05, 0.1) is 11.7 Å². The van der Waals surface area contributed by atoms with Gasteiger partial charge in [-0.15, -0.1) is 11.3 Å². The Hall–Kier alpha value is -1.89. The lowest BCUT2D eigenvalue weighted by molar-refractivity contribution is -0.118. The highest BCUT2D eigenvalue weighted by Crippen LogP contribution is 2.24. The third-order valence-electron chi connectivity index (χ3n) is 3.53. The Labute approximate surface area is 151 Å². The summed E-state index contributed by atoms with van der Waals surface area (Å²) >= 11 is 13.3. The molecule has 2 aromatic heterocycles. The van der Waals surface area contributed by atoms with E-state index >= 15 is 0 Å². The number of carbonyl (C=O) groups excluding carboxylic acids is 1. The van der Waals surface area contributed by atoms with Crippen LogP contribution in [0.5, 0.6) is 0 Å². The van der Waals surface area contributed by atoms with Crippen molar-refractivity contribution in [3.8, 4) is 0 Å². The Morgan fingerprint density at radius 1 is 1.25 bits per heavy atom. The summed E-state index contributed by atoms with van der Waals surface area (Å²) in [6.07, 6.45) is 1.40. The zero-order valence-electron chi connectivity index (χ0n) is 12.8. The van der Waals surface area contributed by atoms with Crippen molar-refractivity contribution in [1.82, 2.24) is 9.55 Å². The van der Waals surface area contributed by atoms with Gasteiger partial charge in [0.2, 0.25) is 5.91 Å². The summed E-state index contributed by atoms with van der Waals surface area (Å²) in [4.78, 5) is 30.9. The summed E-state index contributed by atoms with van der Waals surface area (Å²) in [5, 5.41) is 4.06. The Balaban J connectivity index is 1.90. The van der Waals surface area contributed by atoms with Crippen LogP contribution in [0.3, 0.4) is 0 Å². The first kappa shape index (κ1) is 17.0. The van der Waals surface area contributed by atoms with Crippen molar-refractivity contribution in [2.45, 2.75) is 19.9 Å². The van der Waals surface area contributed by atoms with Crippen LogP contribution in [-0.4, -0.2) is 15.5 Å². The Kier molecular flexibility index (Phi) is 4.62. The van der Waals surface area contributed by atoms with E-state index in [0.717, 1.165) is 4.88 Å². The Bertz CT molecular complexity index is 976. The molecule has 124 valence electrons. The molecule has 0 aliphatic rings. The highest BCUT2D eigenvalue weighted by molar-refractivity contribution is 7.18. The number of carbonyl (C=O) groups is 1. The van der Waals surface area contributed by atoms with E-state index in [2.05, 4.69) is 10.3 Å². The molecule has 1 aromatic carbocycles. The first-order valence-corrected chi connectivity index (χ1v) is 8.66. The second-order valence-corrected chi connectivity index (χ2v) is 7.46. The van der Waals surface area contributed by atoms with Crippen LogP contribution in [0, 0.1) is 6.92 Å². The van der Waals surface area contributed by atoms with Gasteiger partial charge < -0.3 is 5.32 Å². The van der Waals surface area contributed by atoms with Gasteiger partial charge >= 0.3 is 0 Å². The van der Waals surface area contributed by atoms with Crippen molar-refractivity contribution in [2.24, 2.45) is 0 Å². The molecule has 0 aliphatic carbocycles. The molecular formula is C16H13Cl2N3O2S. The average Bonchev–Trinajstić information content (AvgIpc) is 2.87. The number of anilines is 1. The quantitative estimate of drug-likeness (QED) is 0.736. The lowest BCUT2D eigenvalue weighted by Gasteiger charge is -2.15. The van der Waals surface area contributed by atoms with Gasteiger partial charge in [0, 0.05) is 20.6 Å². The third kappa shape index (κ3) is 3.31. The van der Waals surface area contributed by atoms with Gasteiger partial charge in [0.25, 0.3) is 5.56 Å². The smallest absolute Gasteiger partial charge is 0.262 e. The number of rotatable bonds is 3. The maximum absolute atomic E-state index is 12.6. The van der Waals surface area contributed by atoms with Crippen LogP contribution < -0.4 is 10.9 Å². The Morgan fingerprint density at radius 2 is 1.92 bits per heavy atom. The van der Waals surface area contributed by atoms with E-state index in [-0.39, 0.29) is 11.5 Å². The number of hydrogen-bond acceptors (Lipinski definition) is 4. The topological polar surface area (TPSA) is 64.0 Å². The van der Waals surface area contributed by atoms with Crippen molar-refractivity contribution in [2.75, 3.05) is 5.32 Å². The van der Waals surface area contributed by atoms with Gasteiger partial charge in [0.1, 0.15) is 10.9 Å². The number of amides is 1. The maximum Gasteiger partial charge on any atom is 0.262 e. The number of thiophene rings is 1. The van der Waals surface area contributed by atoms with E-state index in [1.165, 1.54) is 22.2 Å². The molecule has 0 bridgehead atoms. The van der Waals surface area contributed by atoms with Crippen molar-refractivity contribution >= 4 is 56.3 Å². The molecular weight excluding hydrogens is 369 g/mol. The summed E-state index contributed by atoms with van der Waals surface area (Å²) < 4.78 is 1.32. The molecule has 5 nitrogen and oxygen atoms in total. The van der Waals surface area contributed by atoms with E-state index in [1.54, 1.807) is 31.2 Å². The monoisotopic (exact) mass is 381 g/mol. The van der Waals surface area contributed by atoms with E-state index in [4.69, 9.17) is 23.2 Å². The van der Waals surface area contributed by atoms with Gasteiger partial charge in [-0.2, -0.15) is 0 Å². The minimum Gasteiger partial charge on any atom is -0.324 e. The van der Waals surface area contributed by atoms with Crippen LogP contribution in [0.4, 0.5) is 5.69 Å². The number of halogens is 2. The summed E-state index contributed by atoms with van der Waals surface area (Å²) in [7, 11) is 0. The predicted molar refractivity (Wildman–Crippen MR) is 98.4 cm³/mol. The van der Waals surface area contributed by atoms with E-state index in [1.807, 2.05) is 6.92 Å². The first-order chi connectivity index (χ1) is 11.3. The second-order valence-electron chi connectivity index (χ2n) is 5.36. The fourth-order valence-corrected chi connectivity index (χ4v) is 3.70. The molecule has 0 aliphatic heterocycles. The molecule has 0 fully saturated rings. The highest BCUT2D eigenvalue weighted by Gasteiger charge is 2.19. The second kappa shape index (κ2) is 6.55. The molecule has 1 N–H and O–H groups in total. The minimum atomic E-state index is -0.729. The number of aryl methyl sites for hydroxylation is 1. The van der Waals surface area contributed by atoms with Gasteiger partial charge in [-0.25, -0.2) is 4.98 Å². The predicted octanol–water partition coefficient (Wildman–Crippen LogP) is 4.27. The molecule has 3 rings (SSSR count). The van der Waals surface area contributed by atoms with E-state index in [0.29, 0.717) is 25.9 Å². The normalized spacial score (nSPS) is 12.3. The number of benzene rings is 1. The van der Waals surface area contributed by atoms with Crippen LogP contribution >= 0.6 is 34.5 Å². The number of aromatic nitrogens is 2. The summed E-state index contributed by atoms with van der Waals surface area (Å²) in [6.45, 7) is 3.55. The lowest BCUT2D eigenvalue weighted by Crippen LogP contribution is -2.31. The molecule has 3 aromatic rings. The van der Waals surface area contributed by atoms with Crippen molar-refractivity contribution < 1.29 is 4.79 Å². The van der Waals surface area contributed by atoms with E-state index in [9.17, 15) is 9.59 Å². The number of hydrogen-bond donors (Lipinski definition) is 1. The molecule has 0 saturated heterocycles. The number of nitrogens with one attached hydrogen (secondary N) is 1. The van der Waals surface area contributed by atoms with Crippen LogP contribution in [-0.2, 0) is 4.79 Å². The fraction of sp³-hybridized carbons (Fsp3) is 0.188. The molecule has 0 spiro atoms. The molecule has 8 heteroatoms. The molecule has 0 unspecified atom stereocenters. The molecule has 0 radical (unpaired) electrons. The summed E-state index contributed by atoms with van der Waals surface area (Å²) in [6, 6.07) is 5.80. The van der Waals surface area contributed by atoms with Gasteiger partial charge in [-0.1, -0.05) is 23.2 Å². The molecule has 1 atom stereocenters. The van der Waals surface area contributed by atoms with Crippen LogP contribution in [0.1, 0.15) is 17.8 Å². The highest BCUT2D eigenvalue weighted by atomic mass is 35.5. The Morgan fingerprint density at radius 3 is 2.58 bits per heavy atom. The molecule has 0 saturated carbocycles. The van der Waals surface area contributed by atoms with Crippen LogP contribution in [0.2, 0.25) is 10.0 Å². The lowest BCUT2D eigenvalue weighted by atomic mass is 10.2. The SMILES string of the molecule is Cc1cc2c(=O)n([C@@H](C)C(=O)Nc3cc(Cl)cc(Cl)c3)cnc2s1. The van der Waals surface area contributed by atoms with E-state index < -0.39 is 6.04 Å². The number of nitrogens with zero attached hydrogens (tertiary/aromatic N) is 2. The molecule has 2 heterocycles. The van der Waals surface area contributed by atoms with Crippen LogP contribution in [0.15, 0.2) is 35.4 Å². The summed E-state index contributed by atoms with van der Waals surface area (Å²) in [5.74, 6) is -0.358. The van der Waals surface area contributed by atoms with Crippen molar-refractivity contribution in [3.05, 3.63) is 55.9 Å². The van der Waals surface area contributed by atoms with Crippen molar-refractivity contribution in [3.63, 3.8) is 0 Å². The third-order valence-corrected chi connectivity index (χ3v) is 4.92. The summed E-state index contributed by atoms with van der Waals surface area (Å²) in [5.41, 5.74) is 0.231. The van der Waals surface area contributed by atoms with Gasteiger partial charge in [0.15, 0.2) is 0 Å². The molecule has 24 heavy (non-hydrogen) atoms. The van der Waals surface area contributed by atoms with Crippen LogP contribution in [0.25, 0.3) is 10.2 Å². The first-order valence-electron chi connectivity index (χ1n) is 7.09. The average molecular weight is 382 g/mol. The molecule has 1 amide bonds. The fourth-order valence-electron chi connectivity index (χ4n) is 2.33. The zero-order valence-corrected chi connectivity index (χ0v) is 15.2. The zero-order chi connectivity index (χ0) is 17.4. The largest absolute Gasteiger partial charge is 0.324 e.